The maximum Gasteiger partial charge on any atom is 0.223 e. The van der Waals surface area contributed by atoms with Gasteiger partial charge in [-0.15, -0.1) is 0 Å². The van der Waals surface area contributed by atoms with Crippen molar-refractivity contribution in [1.82, 2.24) is 4.90 Å². The van der Waals surface area contributed by atoms with Crippen molar-refractivity contribution in [3.63, 3.8) is 0 Å². The Balaban J connectivity index is 2.69. The van der Waals surface area contributed by atoms with Crippen LogP contribution < -0.4 is 5.73 Å². The normalized spacial score (nSPS) is 29.2. The Morgan fingerprint density at radius 1 is 1.67 bits per heavy atom. The highest BCUT2D eigenvalue weighted by Crippen LogP contribution is 2.29. The minimum Gasteiger partial charge on any atom is -0.341 e. The molecule has 0 radical (unpaired) electrons. The highest BCUT2D eigenvalue weighted by atomic mass is 16.2. The molecule has 3 nitrogen and oxygen atoms in total. The Morgan fingerprint density at radius 2 is 2.25 bits per heavy atom. The van der Waals surface area contributed by atoms with E-state index >= 15 is 0 Å². The fourth-order valence-electron chi connectivity index (χ4n) is 1.52. The smallest absolute Gasteiger partial charge is 0.223 e. The molecule has 1 fully saturated rings. The zero-order chi connectivity index (χ0) is 9.35. The summed E-state index contributed by atoms with van der Waals surface area (Å²) < 4.78 is 0. The Labute approximate surface area is 73.9 Å². The third-order valence-corrected chi connectivity index (χ3v) is 2.76. The van der Waals surface area contributed by atoms with E-state index in [1.807, 2.05) is 11.8 Å². The molecule has 0 aromatic heterocycles. The quantitative estimate of drug-likeness (QED) is 0.626. The van der Waals surface area contributed by atoms with Crippen LogP contribution in [0.2, 0.25) is 0 Å². The Bertz CT molecular complexity index is 189. The predicted molar refractivity (Wildman–Crippen MR) is 48.6 cm³/mol. The van der Waals surface area contributed by atoms with Gasteiger partial charge in [-0.1, -0.05) is 13.8 Å². The second kappa shape index (κ2) is 3.05. The average Bonchev–Trinajstić information content (AvgIpc) is 1.96. The lowest BCUT2D eigenvalue weighted by Crippen LogP contribution is -2.55. The van der Waals surface area contributed by atoms with Gasteiger partial charge >= 0.3 is 0 Å². The van der Waals surface area contributed by atoms with E-state index in [2.05, 4.69) is 13.8 Å². The summed E-state index contributed by atoms with van der Waals surface area (Å²) in [6.45, 7) is 7.60. The average molecular weight is 170 g/mol. The summed E-state index contributed by atoms with van der Waals surface area (Å²) in [6, 6.07) is 0.121. The maximum atomic E-state index is 11.5. The van der Waals surface area contributed by atoms with Crippen molar-refractivity contribution in [2.75, 3.05) is 13.1 Å². The standard InChI is InChI=1S/C9H18N2O/c1-4-11-6-7(10)9(2,3)5-8(11)12/h7H,4-6,10H2,1-3H3. The third kappa shape index (κ3) is 1.61. The summed E-state index contributed by atoms with van der Waals surface area (Å²) in [6.07, 6.45) is 0.585. The zero-order valence-corrected chi connectivity index (χ0v) is 8.13. The van der Waals surface area contributed by atoms with Gasteiger partial charge in [0.05, 0.1) is 0 Å². The van der Waals surface area contributed by atoms with Crippen LogP contribution in [0.5, 0.6) is 0 Å². The summed E-state index contributed by atoms with van der Waals surface area (Å²) in [5.74, 6) is 0.240. The van der Waals surface area contributed by atoms with Gasteiger partial charge in [-0.05, 0) is 12.3 Å². The number of carbonyl (C=O) groups excluding carboxylic acids is 1. The molecule has 1 saturated heterocycles. The molecular formula is C9H18N2O. The number of hydrogen-bond acceptors (Lipinski definition) is 2. The van der Waals surface area contributed by atoms with Crippen LogP contribution in [0.4, 0.5) is 0 Å². The molecule has 1 amide bonds. The highest BCUT2D eigenvalue weighted by molar-refractivity contribution is 5.78. The minimum absolute atomic E-state index is 0.0250. The second-order valence-electron chi connectivity index (χ2n) is 4.20. The number of hydrogen-bond donors (Lipinski definition) is 1. The van der Waals surface area contributed by atoms with E-state index in [9.17, 15) is 4.79 Å². The van der Waals surface area contributed by atoms with Crippen molar-refractivity contribution >= 4 is 5.91 Å². The van der Waals surface area contributed by atoms with E-state index in [0.717, 1.165) is 6.54 Å². The van der Waals surface area contributed by atoms with Crippen molar-refractivity contribution in [1.29, 1.82) is 0 Å². The third-order valence-electron chi connectivity index (χ3n) is 2.76. The number of piperidine rings is 1. The molecule has 0 aromatic carbocycles. The van der Waals surface area contributed by atoms with Gasteiger partial charge in [-0.25, -0.2) is 0 Å². The van der Waals surface area contributed by atoms with Crippen LogP contribution in [-0.4, -0.2) is 29.9 Å². The number of amides is 1. The molecule has 2 N–H and O–H groups in total. The Hall–Kier alpha value is -0.570. The van der Waals surface area contributed by atoms with E-state index in [0.29, 0.717) is 13.0 Å². The van der Waals surface area contributed by atoms with Gasteiger partial charge in [-0.2, -0.15) is 0 Å². The Morgan fingerprint density at radius 3 is 2.75 bits per heavy atom. The van der Waals surface area contributed by atoms with E-state index in [1.54, 1.807) is 0 Å². The lowest BCUT2D eigenvalue weighted by atomic mass is 9.78. The first-order valence-electron chi connectivity index (χ1n) is 4.50. The predicted octanol–water partition coefficient (Wildman–Crippen LogP) is 0.592. The Kier molecular flexibility index (Phi) is 2.42. The zero-order valence-electron chi connectivity index (χ0n) is 8.13. The van der Waals surface area contributed by atoms with Crippen LogP contribution in [0, 0.1) is 5.41 Å². The molecule has 0 aromatic rings. The molecule has 0 spiro atoms. The van der Waals surface area contributed by atoms with Gasteiger partial charge in [0.15, 0.2) is 0 Å². The van der Waals surface area contributed by atoms with Crippen molar-refractivity contribution in [2.24, 2.45) is 11.1 Å². The van der Waals surface area contributed by atoms with Crippen LogP contribution in [0.1, 0.15) is 27.2 Å². The van der Waals surface area contributed by atoms with Gasteiger partial charge in [0.2, 0.25) is 5.91 Å². The number of rotatable bonds is 1. The molecule has 1 rings (SSSR count). The van der Waals surface area contributed by atoms with Crippen LogP contribution in [0.25, 0.3) is 0 Å². The van der Waals surface area contributed by atoms with Crippen molar-refractivity contribution < 1.29 is 4.79 Å². The molecule has 3 heteroatoms. The minimum atomic E-state index is -0.0250. The first-order chi connectivity index (χ1) is 5.47. The molecule has 1 unspecified atom stereocenters. The van der Waals surface area contributed by atoms with Crippen LogP contribution in [-0.2, 0) is 4.79 Å². The summed E-state index contributed by atoms with van der Waals surface area (Å²) in [4.78, 5) is 13.3. The molecule has 1 atom stereocenters. The van der Waals surface area contributed by atoms with Crippen LogP contribution >= 0.6 is 0 Å². The van der Waals surface area contributed by atoms with Crippen molar-refractivity contribution in [3.8, 4) is 0 Å². The van der Waals surface area contributed by atoms with Crippen LogP contribution in [0.3, 0.4) is 0 Å². The van der Waals surface area contributed by atoms with Gasteiger partial charge in [-0.3, -0.25) is 4.79 Å². The van der Waals surface area contributed by atoms with E-state index < -0.39 is 0 Å². The topological polar surface area (TPSA) is 46.3 Å². The molecule has 0 aliphatic carbocycles. The highest BCUT2D eigenvalue weighted by Gasteiger charge is 2.36. The van der Waals surface area contributed by atoms with E-state index in [1.165, 1.54) is 0 Å². The van der Waals surface area contributed by atoms with E-state index in [-0.39, 0.29) is 17.4 Å². The maximum absolute atomic E-state index is 11.5. The number of carbonyl (C=O) groups is 1. The summed E-state index contributed by atoms with van der Waals surface area (Å²) in [5, 5.41) is 0. The SMILES string of the molecule is CCN1CC(N)C(C)(C)CC1=O. The first kappa shape index (κ1) is 9.52. The molecule has 0 saturated carbocycles. The van der Waals surface area contributed by atoms with Gasteiger partial charge < -0.3 is 10.6 Å². The second-order valence-corrected chi connectivity index (χ2v) is 4.20. The summed E-state index contributed by atoms with van der Waals surface area (Å²) in [7, 11) is 0. The molecule has 1 aliphatic rings. The molecule has 12 heavy (non-hydrogen) atoms. The summed E-state index contributed by atoms with van der Waals surface area (Å²) in [5.41, 5.74) is 5.92. The summed E-state index contributed by atoms with van der Waals surface area (Å²) >= 11 is 0. The molecule has 70 valence electrons. The number of likely N-dealkylation sites (tertiary alicyclic amines) is 1. The van der Waals surface area contributed by atoms with E-state index in [4.69, 9.17) is 5.73 Å². The van der Waals surface area contributed by atoms with Crippen molar-refractivity contribution in [3.05, 3.63) is 0 Å². The largest absolute Gasteiger partial charge is 0.341 e. The lowest BCUT2D eigenvalue weighted by molar-refractivity contribution is -0.137. The van der Waals surface area contributed by atoms with Gasteiger partial charge in [0, 0.05) is 25.6 Å². The molecule has 0 bridgehead atoms. The fourth-order valence-corrected chi connectivity index (χ4v) is 1.52. The molecule has 1 aliphatic heterocycles. The number of likely N-dealkylation sites (N-methyl/N-ethyl adjacent to an activating group) is 1. The fraction of sp³-hybridized carbons (Fsp3) is 0.889. The van der Waals surface area contributed by atoms with Crippen molar-refractivity contribution in [2.45, 2.75) is 33.2 Å². The lowest BCUT2D eigenvalue weighted by Gasteiger charge is -2.41. The van der Waals surface area contributed by atoms with Gasteiger partial charge in [0.25, 0.3) is 0 Å². The van der Waals surface area contributed by atoms with Crippen LogP contribution in [0.15, 0.2) is 0 Å². The first-order valence-corrected chi connectivity index (χ1v) is 4.50. The number of nitrogens with zero attached hydrogens (tertiary/aromatic N) is 1. The monoisotopic (exact) mass is 170 g/mol. The number of nitrogens with two attached hydrogens (primary N) is 1. The molecular weight excluding hydrogens is 152 g/mol. The molecule has 1 heterocycles. The van der Waals surface area contributed by atoms with Gasteiger partial charge in [0.1, 0.15) is 0 Å².